The van der Waals surface area contributed by atoms with Gasteiger partial charge in [0.05, 0.1) is 6.10 Å². The van der Waals surface area contributed by atoms with Crippen LogP contribution in [-0.4, -0.2) is 56.8 Å². The molecule has 6 N–H and O–H groups in total. The number of aromatic hydroxyl groups is 2. The van der Waals surface area contributed by atoms with Crippen LogP contribution in [-0.2, 0) is 16.1 Å². The Labute approximate surface area is 152 Å². The molecule has 0 radical (unpaired) electrons. The molecular formula is C18H27N3O5. The quantitative estimate of drug-likeness (QED) is 0.417. The summed E-state index contributed by atoms with van der Waals surface area (Å²) in [6.45, 7) is 2.15. The van der Waals surface area contributed by atoms with Crippen molar-refractivity contribution >= 4 is 11.8 Å². The Balaban J connectivity index is 2.23. The monoisotopic (exact) mass is 365 g/mol. The first-order chi connectivity index (χ1) is 12.4. The maximum atomic E-state index is 12.9. The highest BCUT2D eigenvalue weighted by atomic mass is 16.3. The van der Waals surface area contributed by atoms with Crippen molar-refractivity contribution < 1.29 is 24.9 Å². The van der Waals surface area contributed by atoms with Gasteiger partial charge in [0.1, 0.15) is 12.1 Å². The van der Waals surface area contributed by atoms with E-state index in [4.69, 9.17) is 5.73 Å². The number of nitrogens with one attached hydrogen (secondary N) is 1. The molecule has 144 valence electrons. The molecule has 1 heterocycles. The van der Waals surface area contributed by atoms with E-state index in [2.05, 4.69) is 5.32 Å². The molecule has 1 saturated heterocycles. The number of carbonyl (C=O) groups is 2. The number of nitrogens with zero attached hydrogens (tertiary/aromatic N) is 1. The highest BCUT2D eigenvalue weighted by Crippen LogP contribution is 2.27. The fourth-order valence-electron chi connectivity index (χ4n) is 3.12. The van der Waals surface area contributed by atoms with Gasteiger partial charge >= 0.3 is 0 Å². The summed E-state index contributed by atoms with van der Waals surface area (Å²) in [5.41, 5.74) is 6.02. The van der Waals surface area contributed by atoms with Gasteiger partial charge in [0, 0.05) is 13.1 Å². The smallest absolute Gasteiger partial charge is 0.246 e. The molecule has 1 fully saturated rings. The number of piperazine rings is 1. The number of carbonyl (C=O) groups excluding carboxylic acids is 2. The van der Waals surface area contributed by atoms with Crippen LogP contribution in [0.2, 0.25) is 0 Å². The average molecular weight is 365 g/mol. The minimum Gasteiger partial charge on any atom is -0.504 e. The van der Waals surface area contributed by atoms with Gasteiger partial charge in [0.2, 0.25) is 11.8 Å². The summed E-state index contributed by atoms with van der Waals surface area (Å²) in [4.78, 5) is 26.9. The minimum atomic E-state index is -0.731. The molecule has 0 bridgehead atoms. The van der Waals surface area contributed by atoms with E-state index >= 15 is 0 Å². The Morgan fingerprint density at radius 2 is 1.96 bits per heavy atom. The summed E-state index contributed by atoms with van der Waals surface area (Å²) in [5.74, 6) is -0.971. The topological polar surface area (TPSA) is 136 Å². The average Bonchev–Trinajstić information content (AvgIpc) is 2.61. The lowest BCUT2D eigenvalue weighted by Gasteiger charge is -2.39. The number of hydrogen-bond donors (Lipinski definition) is 5. The Morgan fingerprint density at radius 1 is 1.23 bits per heavy atom. The third-order valence-corrected chi connectivity index (χ3v) is 4.59. The summed E-state index contributed by atoms with van der Waals surface area (Å²) >= 11 is 0. The van der Waals surface area contributed by atoms with Crippen LogP contribution in [0.5, 0.6) is 11.5 Å². The zero-order chi connectivity index (χ0) is 19.3. The van der Waals surface area contributed by atoms with E-state index in [1.165, 1.54) is 17.0 Å². The van der Waals surface area contributed by atoms with Crippen molar-refractivity contribution in [2.24, 2.45) is 5.73 Å². The molecule has 0 saturated carbocycles. The van der Waals surface area contributed by atoms with E-state index in [0.717, 1.165) is 6.42 Å². The van der Waals surface area contributed by atoms with E-state index in [-0.39, 0.29) is 36.4 Å². The summed E-state index contributed by atoms with van der Waals surface area (Å²) in [5, 5.41) is 31.6. The summed E-state index contributed by atoms with van der Waals surface area (Å²) < 4.78 is 0. The molecule has 2 amide bonds. The number of aliphatic hydroxyl groups is 1. The SMILES string of the molecule is CCCC1NC(=O)C(CCC(O)CN)N(Cc2ccc(O)c(O)c2)C1=O. The van der Waals surface area contributed by atoms with Crippen molar-refractivity contribution in [3.05, 3.63) is 23.8 Å². The molecule has 26 heavy (non-hydrogen) atoms. The molecular weight excluding hydrogens is 338 g/mol. The minimum absolute atomic E-state index is 0.0899. The van der Waals surface area contributed by atoms with Crippen LogP contribution >= 0.6 is 0 Å². The van der Waals surface area contributed by atoms with E-state index in [0.29, 0.717) is 24.8 Å². The number of aliphatic hydroxyl groups excluding tert-OH is 1. The first kappa shape index (κ1) is 20.0. The third-order valence-electron chi connectivity index (χ3n) is 4.59. The highest BCUT2D eigenvalue weighted by Gasteiger charge is 2.39. The number of phenols is 2. The predicted molar refractivity (Wildman–Crippen MR) is 95.2 cm³/mol. The number of phenolic OH excluding ortho intramolecular Hbond substituents is 2. The Bertz CT molecular complexity index is 652. The van der Waals surface area contributed by atoms with Crippen molar-refractivity contribution in [3.8, 4) is 11.5 Å². The normalized spacial score (nSPS) is 21.6. The lowest BCUT2D eigenvalue weighted by molar-refractivity contribution is -0.150. The van der Waals surface area contributed by atoms with E-state index in [9.17, 15) is 24.9 Å². The molecule has 3 atom stereocenters. The number of benzene rings is 1. The molecule has 0 aliphatic carbocycles. The second-order valence-corrected chi connectivity index (χ2v) is 6.62. The predicted octanol–water partition coefficient (Wildman–Crippen LogP) is 0.193. The molecule has 1 aromatic carbocycles. The number of hydrogen-bond acceptors (Lipinski definition) is 6. The van der Waals surface area contributed by atoms with Gasteiger partial charge in [0.25, 0.3) is 0 Å². The fourth-order valence-corrected chi connectivity index (χ4v) is 3.12. The zero-order valence-corrected chi connectivity index (χ0v) is 14.9. The molecule has 2 rings (SSSR count). The fraction of sp³-hybridized carbons (Fsp3) is 0.556. The van der Waals surface area contributed by atoms with Crippen LogP contribution < -0.4 is 11.1 Å². The first-order valence-corrected chi connectivity index (χ1v) is 8.87. The van der Waals surface area contributed by atoms with Crippen molar-refractivity contribution in [1.29, 1.82) is 0 Å². The van der Waals surface area contributed by atoms with Gasteiger partial charge in [-0.05, 0) is 37.0 Å². The van der Waals surface area contributed by atoms with E-state index < -0.39 is 18.2 Å². The molecule has 1 aliphatic rings. The van der Waals surface area contributed by atoms with Gasteiger partial charge in [-0.1, -0.05) is 19.4 Å². The second-order valence-electron chi connectivity index (χ2n) is 6.62. The van der Waals surface area contributed by atoms with E-state index in [1.807, 2.05) is 6.92 Å². The number of amides is 2. The molecule has 1 aromatic rings. The maximum Gasteiger partial charge on any atom is 0.246 e. The molecule has 8 heteroatoms. The van der Waals surface area contributed by atoms with Crippen molar-refractivity contribution in [1.82, 2.24) is 10.2 Å². The Kier molecular flexibility index (Phi) is 6.82. The molecule has 1 aliphatic heterocycles. The Morgan fingerprint density at radius 3 is 2.58 bits per heavy atom. The van der Waals surface area contributed by atoms with Gasteiger partial charge in [-0.25, -0.2) is 0 Å². The van der Waals surface area contributed by atoms with Crippen LogP contribution in [0.3, 0.4) is 0 Å². The van der Waals surface area contributed by atoms with Crippen molar-refractivity contribution in [2.45, 2.75) is 57.3 Å². The summed E-state index contributed by atoms with van der Waals surface area (Å²) in [7, 11) is 0. The zero-order valence-electron chi connectivity index (χ0n) is 14.9. The molecule has 3 unspecified atom stereocenters. The van der Waals surface area contributed by atoms with Crippen LogP contribution in [0.15, 0.2) is 18.2 Å². The lowest BCUT2D eigenvalue weighted by Crippen LogP contribution is -2.63. The molecule has 0 spiro atoms. The molecule has 0 aromatic heterocycles. The van der Waals surface area contributed by atoms with Gasteiger partial charge in [-0.2, -0.15) is 0 Å². The highest BCUT2D eigenvalue weighted by molar-refractivity contribution is 5.96. The van der Waals surface area contributed by atoms with Crippen LogP contribution in [0.25, 0.3) is 0 Å². The van der Waals surface area contributed by atoms with Crippen molar-refractivity contribution in [3.63, 3.8) is 0 Å². The second kappa shape index (κ2) is 8.86. The van der Waals surface area contributed by atoms with E-state index in [1.54, 1.807) is 6.07 Å². The van der Waals surface area contributed by atoms with Crippen molar-refractivity contribution in [2.75, 3.05) is 6.54 Å². The van der Waals surface area contributed by atoms with Gasteiger partial charge in [-0.15, -0.1) is 0 Å². The molecule has 8 nitrogen and oxygen atoms in total. The lowest BCUT2D eigenvalue weighted by atomic mass is 9.98. The summed E-state index contributed by atoms with van der Waals surface area (Å²) in [6.07, 6.45) is 1.16. The van der Waals surface area contributed by atoms with Gasteiger partial charge in [0.15, 0.2) is 11.5 Å². The third kappa shape index (κ3) is 4.64. The standard InChI is InChI=1S/C18H27N3O5/c1-2-3-13-18(26)21(10-11-4-7-15(23)16(24)8-11)14(17(25)20-13)6-5-12(22)9-19/h4,7-8,12-14,22-24H,2-3,5-6,9-10,19H2,1H3,(H,20,25). The number of rotatable bonds is 8. The van der Waals surface area contributed by atoms with Crippen LogP contribution in [0, 0.1) is 0 Å². The van der Waals surface area contributed by atoms with Crippen LogP contribution in [0.4, 0.5) is 0 Å². The largest absolute Gasteiger partial charge is 0.504 e. The first-order valence-electron chi connectivity index (χ1n) is 8.87. The summed E-state index contributed by atoms with van der Waals surface area (Å²) in [6, 6.07) is 3.02. The maximum absolute atomic E-state index is 12.9. The van der Waals surface area contributed by atoms with Crippen LogP contribution in [0.1, 0.15) is 38.2 Å². The van der Waals surface area contributed by atoms with Gasteiger partial charge < -0.3 is 31.3 Å². The Hall–Kier alpha value is -2.32. The number of nitrogens with two attached hydrogens (primary N) is 1. The van der Waals surface area contributed by atoms with Gasteiger partial charge in [-0.3, -0.25) is 9.59 Å².